The van der Waals surface area contributed by atoms with Crippen molar-refractivity contribution in [3.8, 4) is 0 Å². The van der Waals surface area contributed by atoms with Gasteiger partial charge in [0.1, 0.15) is 4.90 Å². The van der Waals surface area contributed by atoms with E-state index in [1.54, 1.807) is 18.2 Å². The molecule has 1 fully saturated rings. The van der Waals surface area contributed by atoms with Gasteiger partial charge < -0.3 is 11.5 Å². The van der Waals surface area contributed by atoms with Crippen molar-refractivity contribution in [1.29, 1.82) is 0 Å². The summed E-state index contributed by atoms with van der Waals surface area (Å²) in [5.41, 5.74) is 11.2. The fourth-order valence-corrected chi connectivity index (χ4v) is 3.82. The standard InChI is InChI=1S/C12H17N3O3S/c13-10-3-1-2-4-11(10)19(17,18)15-7-5-9(6-8-15)12(14)16/h1-4,9H,5-8,13H2,(H2,14,16). The normalized spacial score (nSPS) is 18.3. The molecule has 0 radical (unpaired) electrons. The number of anilines is 1. The highest BCUT2D eigenvalue weighted by atomic mass is 32.2. The number of primary amides is 1. The van der Waals surface area contributed by atoms with Crippen LogP contribution in [0.4, 0.5) is 5.69 Å². The molecule has 1 saturated heterocycles. The summed E-state index contributed by atoms with van der Waals surface area (Å²) in [6, 6.07) is 6.38. The second-order valence-corrected chi connectivity index (χ2v) is 6.52. The van der Waals surface area contributed by atoms with Crippen LogP contribution in [0, 0.1) is 5.92 Å². The average Bonchev–Trinajstić information content (AvgIpc) is 2.39. The number of hydrogen-bond donors (Lipinski definition) is 2. The summed E-state index contributed by atoms with van der Waals surface area (Å²) in [4.78, 5) is 11.2. The third-order valence-electron chi connectivity index (χ3n) is 3.39. The molecule has 0 atom stereocenters. The first-order valence-electron chi connectivity index (χ1n) is 6.07. The van der Waals surface area contributed by atoms with Gasteiger partial charge in [-0.05, 0) is 25.0 Å². The Bertz CT molecular complexity index is 578. The minimum absolute atomic E-state index is 0.118. The maximum atomic E-state index is 12.4. The van der Waals surface area contributed by atoms with Crippen LogP contribution in [-0.4, -0.2) is 31.7 Å². The van der Waals surface area contributed by atoms with E-state index < -0.39 is 10.0 Å². The van der Waals surface area contributed by atoms with Crippen molar-refractivity contribution in [2.24, 2.45) is 11.7 Å². The number of amides is 1. The van der Waals surface area contributed by atoms with Crippen LogP contribution < -0.4 is 11.5 Å². The monoisotopic (exact) mass is 283 g/mol. The van der Waals surface area contributed by atoms with Crippen LogP contribution in [0.3, 0.4) is 0 Å². The maximum absolute atomic E-state index is 12.4. The van der Waals surface area contributed by atoms with Crippen LogP contribution in [0.2, 0.25) is 0 Å². The zero-order valence-electron chi connectivity index (χ0n) is 10.5. The van der Waals surface area contributed by atoms with Crippen molar-refractivity contribution in [2.75, 3.05) is 18.8 Å². The van der Waals surface area contributed by atoms with Gasteiger partial charge in [0, 0.05) is 19.0 Å². The summed E-state index contributed by atoms with van der Waals surface area (Å²) >= 11 is 0. The van der Waals surface area contributed by atoms with E-state index in [4.69, 9.17) is 11.5 Å². The number of hydrogen-bond acceptors (Lipinski definition) is 4. The first-order valence-corrected chi connectivity index (χ1v) is 7.51. The first-order chi connectivity index (χ1) is 8.93. The van der Waals surface area contributed by atoms with Crippen molar-refractivity contribution >= 4 is 21.6 Å². The van der Waals surface area contributed by atoms with Crippen LogP contribution in [-0.2, 0) is 14.8 Å². The molecule has 0 bridgehead atoms. The largest absolute Gasteiger partial charge is 0.398 e. The highest BCUT2D eigenvalue weighted by Crippen LogP contribution is 2.26. The Hall–Kier alpha value is -1.60. The lowest BCUT2D eigenvalue weighted by Crippen LogP contribution is -2.41. The molecule has 4 N–H and O–H groups in total. The lowest BCUT2D eigenvalue weighted by molar-refractivity contribution is -0.122. The lowest BCUT2D eigenvalue weighted by Gasteiger charge is -2.30. The molecule has 2 rings (SSSR count). The van der Waals surface area contributed by atoms with E-state index >= 15 is 0 Å². The topological polar surface area (TPSA) is 106 Å². The van der Waals surface area contributed by atoms with Gasteiger partial charge in [-0.1, -0.05) is 12.1 Å². The zero-order valence-corrected chi connectivity index (χ0v) is 11.3. The summed E-state index contributed by atoms with van der Waals surface area (Å²) in [5.74, 6) is -0.601. The first kappa shape index (κ1) is 13.8. The van der Waals surface area contributed by atoms with Crippen molar-refractivity contribution in [1.82, 2.24) is 4.31 Å². The number of nitrogens with two attached hydrogens (primary N) is 2. The molecule has 6 nitrogen and oxygen atoms in total. The number of sulfonamides is 1. The van der Waals surface area contributed by atoms with Crippen LogP contribution in [0.1, 0.15) is 12.8 Å². The Kier molecular flexibility index (Phi) is 3.77. The second kappa shape index (κ2) is 5.18. The second-order valence-electron chi connectivity index (χ2n) is 4.62. The van der Waals surface area contributed by atoms with Gasteiger partial charge in [-0.25, -0.2) is 8.42 Å². The molecule has 1 amide bonds. The van der Waals surface area contributed by atoms with Gasteiger partial charge in [0.2, 0.25) is 15.9 Å². The summed E-state index contributed by atoms with van der Waals surface area (Å²) < 4.78 is 26.2. The summed E-state index contributed by atoms with van der Waals surface area (Å²) in [5, 5.41) is 0. The third-order valence-corrected chi connectivity index (χ3v) is 5.37. The summed E-state index contributed by atoms with van der Waals surface area (Å²) in [6.45, 7) is 0.592. The Balaban J connectivity index is 2.19. The van der Waals surface area contributed by atoms with Crippen molar-refractivity contribution in [3.63, 3.8) is 0 Å². The molecule has 0 aromatic heterocycles. The molecule has 1 aromatic carbocycles. The summed E-state index contributed by atoms with van der Waals surface area (Å²) in [6.07, 6.45) is 0.919. The molecule has 1 heterocycles. The lowest BCUT2D eigenvalue weighted by atomic mass is 9.98. The fraction of sp³-hybridized carbons (Fsp3) is 0.417. The van der Waals surface area contributed by atoms with Crippen LogP contribution in [0.15, 0.2) is 29.2 Å². The van der Waals surface area contributed by atoms with Crippen molar-refractivity contribution in [3.05, 3.63) is 24.3 Å². The Morgan fingerprint density at radius 2 is 1.79 bits per heavy atom. The maximum Gasteiger partial charge on any atom is 0.245 e. The van der Waals surface area contributed by atoms with Gasteiger partial charge in [-0.15, -0.1) is 0 Å². The smallest absolute Gasteiger partial charge is 0.245 e. The minimum atomic E-state index is -3.59. The van der Waals surface area contributed by atoms with E-state index in [1.807, 2.05) is 0 Å². The predicted molar refractivity (Wildman–Crippen MR) is 71.5 cm³/mol. The SMILES string of the molecule is NC(=O)C1CCN(S(=O)(=O)c2ccccc2N)CC1. The number of benzene rings is 1. The molecule has 0 saturated carbocycles. The Morgan fingerprint density at radius 3 is 2.32 bits per heavy atom. The van der Waals surface area contributed by atoms with E-state index in [2.05, 4.69) is 0 Å². The van der Waals surface area contributed by atoms with Gasteiger partial charge in [0.05, 0.1) is 5.69 Å². The van der Waals surface area contributed by atoms with E-state index in [0.717, 1.165) is 0 Å². The number of carbonyl (C=O) groups is 1. The van der Waals surface area contributed by atoms with Crippen LogP contribution in [0.5, 0.6) is 0 Å². The third kappa shape index (κ3) is 2.71. The highest BCUT2D eigenvalue weighted by Gasteiger charge is 2.32. The fourth-order valence-electron chi connectivity index (χ4n) is 2.24. The number of nitrogens with zero attached hydrogens (tertiary/aromatic N) is 1. The molecule has 0 aliphatic carbocycles. The number of para-hydroxylation sites is 1. The van der Waals surface area contributed by atoms with E-state index in [1.165, 1.54) is 10.4 Å². The molecule has 1 aliphatic rings. The minimum Gasteiger partial charge on any atom is -0.398 e. The predicted octanol–water partition coefficient (Wildman–Crippen LogP) is 0.155. The molecule has 104 valence electrons. The van der Waals surface area contributed by atoms with Gasteiger partial charge in [-0.2, -0.15) is 4.31 Å². The molecule has 0 spiro atoms. The van der Waals surface area contributed by atoms with Crippen molar-refractivity contribution in [2.45, 2.75) is 17.7 Å². The number of nitrogen functional groups attached to an aromatic ring is 1. The molecular weight excluding hydrogens is 266 g/mol. The Morgan fingerprint density at radius 1 is 1.21 bits per heavy atom. The number of rotatable bonds is 3. The average molecular weight is 283 g/mol. The quantitative estimate of drug-likeness (QED) is 0.770. The molecule has 7 heteroatoms. The molecule has 19 heavy (non-hydrogen) atoms. The van der Waals surface area contributed by atoms with E-state index in [-0.39, 0.29) is 22.4 Å². The molecule has 0 unspecified atom stereocenters. The van der Waals surface area contributed by atoms with Gasteiger partial charge >= 0.3 is 0 Å². The zero-order chi connectivity index (χ0) is 14.0. The highest BCUT2D eigenvalue weighted by molar-refractivity contribution is 7.89. The van der Waals surface area contributed by atoms with Gasteiger partial charge in [-0.3, -0.25) is 4.79 Å². The molecular formula is C12H17N3O3S. The van der Waals surface area contributed by atoms with Crippen LogP contribution in [0.25, 0.3) is 0 Å². The van der Waals surface area contributed by atoms with E-state index in [9.17, 15) is 13.2 Å². The van der Waals surface area contributed by atoms with E-state index in [0.29, 0.717) is 25.9 Å². The number of carbonyl (C=O) groups excluding carboxylic acids is 1. The van der Waals surface area contributed by atoms with Crippen LogP contribution >= 0.6 is 0 Å². The van der Waals surface area contributed by atoms with Gasteiger partial charge in [0.25, 0.3) is 0 Å². The Labute approximate surface area is 112 Å². The molecule has 1 aliphatic heterocycles. The summed E-state index contributed by atoms with van der Waals surface area (Å²) in [7, 11) is -3.59. The molecule has 1 aromatic rings. The number of piperidine rings is 1. The van der Waals surface area contributed by atoms with Gasteiger partial charge in [0.15, 0.2) is 0 Å². The van der Waals surface area contributed by atoms with Crippen molar-refractivity contribution < 1.29 is 13.2 Å².